The monoisotopic (exact) mass is 463 g/mol. The lowest BCUT2D eigenvalue weighted by Crippen LogP contribution is -2.42. The van der Waals surface area contributed by atoms with Crippen molar-refractivity contribution in [1.82, 2.24) is 25.2 Å². The number of nitrogens with zero attached hydrogens (tertiary/aromatic N) is 4. The maximum absolute atomic E-state index is 13.2. The van der Waals surface area contributed by atoms with Crippen LogP contribution in [0.4, 0.5) is 0 Å². The van der Waals surface area contributed by atoms with Gasteiger partial charge in [-0.2, -0.15) is 5.10 Å². The zero-order valence-electron chi connectivity index (χ0n) is 19.8. The van der Waals surface area contributed by atoms with Gasteiger partial charge < -0.3 is 14.2 Å². The Kier molecular flexibility index (Phi) is 6.94. The maximum atomic E-state index is 13.2. The summed E-state index contributed by atoms with van der Waals surface area (Å²) in [6, 6.07) is 10.1. The molecule has 2 aliphatic rings. The van der Waals surface area contributed by atoms with Crippen molar-refractivity contribution in [3.05, 3.63) is 64.8 Å². The smallest absolute Gasteiger partial charge is 0.274 e. The van der Waals surface area contributed by atoms with Crippen LogP contribution in [0.1, 0.15) is 58.7 Å². The molecule has 1 saturated heterocycles. The minimum atomic E-state index is 0.0724. The van der Waals surface area contributed by atoms with Gasteiger partial charge in [-0.1, -0.05) is 17.3 Å². The van der Waals surface area contributed by atoms with Crippen LogP contribution in [-0.2, 0) is 25.9 Å². The normalized spacial score (nSPS) is 18.2. The zero-order chi connectivity index (χ0) is 23.3. The number of ether oxygens (including phenoxy) is 1. The van der Waals surface area contributed by atoms with Gasteiger partial charge in [0.2, 0.25) is 0 Å². The van der Waals surface area contributed by atoms with Crippen LogP contribution in [-0.4, -0.2) is 57.8 Å². The standard InChI is InChI=1S/C26H33N5O3/c1-30(17-21-12-14-34-29-21)15-19-8-10-22(11-9-19)33-18-20-5-4-13-31(16-20)26(32)25-23-6-2-3-7-24(23)27-28-25/h8-12,14,20H,2-7,13,15-18H2,1H3,(H,27,28). The molecule has 3 aromatic rings. The highest BCUT2D eigenvalue weighted by molar-refractivity contribution is 5.94. The third-order valence-electron chi connectivity index (χ3n) is 6.85. The minimum Gasteiger partial charge on any atom is -0.493 e. The summed E-state index contributed by atoms with van der Waals surface area (Å²) >= 11 is 0. The molecule has 1 aliphatic heterocycles. The molecule has 1 aliphatic carbocycles. The Labute approximate surface area is 200 Å². The number of carbonyl (C=O) groups excluding carboxylic acids is 1. The van der Waals surface area contributed by atoms with E-state index in [1.807, 2.05) is 23.1 Å². The summed E-state index contributed by atoms with van der Waals surface area (Å²) in [5.74, 6) is 1.27. The average molecular weight is 464 g/mol. The van der Waals surface area contributed by atoms with E-state index < -0.39 is 0 Å². The molecular weight excluding hydrogens is 430 g/mol. The quantitative estimate of drug-likeness (QED) is 0.546. The molecule has 0 spiro atoms. The van der Waals surface area contributed by atoms with E-state index in [0.717, 1.165) is 81.0 Å². The first kappa shape index (κ1) is 22.7. The van der Waals surface area contributed by atoms with Crippen molar-refractivity contribution >= 4 is 5.91 Å². The zero-order valence-corrected chi connectivity index (χ0v) is 19.8. The number of aryl methyl sites for hydroxylation is 1. The number of hydrogen-bond donors (Lipinski definition) is 1. The fraction of sp³-hybridized carbons (Fsp3) is 0.500. The number of piperidine rings is 1. The third-order valence-corrected chi connectivity index (χ3v) is 6.85. The fourth-order valence-corrected chi connectivity index (χ4v) is 5.06. The summed E-state index contributed by atoms with van der Waals surface area (Å²) in [4.78, 5) is 17.3. The Bertz CT molecular complexity index is 1080. The van der Waals surface area contributed by atoms with Crippen molar-refractivity contribution in [3.8, 4) is 5.75 Å². The number of amides is 1. The molecule has 1 N–H and O–H groups in total. The highest BCUT2D eigenvalue weighted by Gasteiger charge is 2.29. The maximum Gasteiger partial charge on any atom is 0.274 e. The molecule has 2 aromatic heterocycles. The Hall–Kier alpha value is -3.13. The van der Waals surface area contributed by atoms with Crippen LogP contribution in [0.25, 0.3) is 0 Å². The van der Waals surface area contributed by atoms with Gasteiger partial charge in [0.1, 0.15) is 12.0 Å². The molecule has 0 radical (unpaired) electrons. The van der Waals surface area contributed by atoms with Crippen molar-refractivity contribution in [2.75, 3.05) is 26.7 Å². The number of benzene rings is 1. The highest BCUT2D eigenvalue weighted by atomic mass is 16.5. The molecule has 1 fully saturated rings. The Balaban J connectivity index is 1.11. The SMILES string of the molecule is CN(Cc1ccc(OCC2CCCN(C(=O)c3n[nH]c4c3CCCC4)C2)cc1)Cc1ccon1. The number of aromatic nitrogens is 3. The molecule has 8 nitrogen and oxygen atoms in total. The lowest BCUT2D eigenvalue weighted by Gasteiger charge is -2.32. The molecule has 1 aromatic carbocycles. The number of hydrogen-bond acceptors (Lipinski definition) is 6. The number of carbonyl (C=O) groups is 1. The van der Waals surface area contributed by atoms with Crippen LogP contribution in [0, 0.1) is 5.92 Å². The Morgan fingerprint density at radius 1 is 1.18 bits per heavy atom. The van der Waals surface area contributed by atoms with Gasteiger partial charge in [0.15, 0.2) is 5.69 Å². The van der Waals surface area contributed by atoms with E-state index in [9.17, 15) is 4.79 Å². The van der Waals surface area contributed by atoms with E-state index in [-0.39, 0.29) is 5.91 Å². The summed E-state index contributed by atoms with van der Waals surface area (Å²) in [5, 5.41) is 11.4. The van der Waals surface area contributed by atoms with Crippen LogP contribution < -0.4 is 4.74 Å². The first-order chi connectivity index (χ1) is 16.7. The molecule has 0 saturated carbocycles. The lowest BCUT2D eigenvalue weighted by atomic mass is 9.94. The molecule has 1 amide bonds. The van der Waals surface area contributed by atoms with E-state index in [4.69, 9.17) is 9.26 Å². The predicted octanol–water partition coefficient (Wildman–Crippen LogP) is 3.84. The van der Waals surface area contributed by atoms with Crippen molar-refractivity contribution in [3.63, 3.8) is 0 Å². The number of likely N-dealkylation sites (tertiary alicyclic amines) is 1. The van der Waals surface area contributed by atoms with Gasteiger partial charge in [-0.25, -0.2) is 0 Å². The van der Waals surface area contributed by atoms with Crippen LogP contribution in [0.5, 0.6) is 5.75 Å². The van der Waals surface area contributed by atoms with Gasteiger partial charge in [0.05, 0.1) is 12.3 Å². The third kappa shape index (κ3) is 5.33. The predicted molar refractivity (Wildman–Crippen MR) is 127 cm³/mol. The summed E-state index contributed by atoms with van der Waals surface area (Å²) < 4.78 is 11.0. The number of aromatic amines is 1. The molecule has 0 bridgehead atoms. The van der Waals surface area contributed by atoms with Gasteiger partial charge in [0.25, 0.3) is 5.91 Å². The second-order valence-corrected chi connectivity index (χ2v) is 9.61. The summed E-state index contributed by atoms with van der Waals surface area (Å²) in [7, 11) is 2.06. The second kappa shape index (κ2) is 10.4. The largest absolute Gasteiger partial charge is 0.493 e. The number of rotatable bonds is 8. The fourth-order valence-electron chi connectivity index (χ4n) is 5.06. The molecule has 34 heavy (non-hydrogen) atoms. The molecular formula is C26H33N5O3. The van der Waals surface area contributed by atoms with Crippen molar-refractivity contribution in [1.29, 1.82) is 0 Å². The molecule has 5 rings (SSSR count). The summed E-state index contributed by atoms with van der Waals surface area (Å²) in [6.45, 7) is 3.71. The highest BCUT2D eigenvalue weighted by Crippen LogP contribution is 2.25. The topological polar surface area (TPSA) is 87.5 Å². The molecule has 180 valence electrons. The molecule has 8 heteroatoms. The molecule has 1 atom stereocenters. The first-order valence-electron chi connectivity index (χ1n) is 12.3. The summed E-state index contributed by atoms with van der Waals surface area (Å²) in [5.41, 5.74) is 5.07. The number of nitrogens with one attached hydrogen (secondary N) is 1. The van der Waals surface area contributed by atoms with Crippen LogP contribution in [0.15, 0.2) is 41.1 Å². The van der Waals surface area contributed by atoms with E-state index in [1.54, 1.807) is 6.26 Å². The van der Waals surface area contributed by atoms with Crippen molar-refractivity contribution in [2.45, 2.75) is 51.6 Å². The van der Waals surface area contributed by atoms with Gasteiger partial charge in [-0.05, 0) is 63.3 Å². The first-order valence-corrected chi connectivity index (χ1v) is 12.3. The molecule has 3 heterocycles. The van der Waals surface area contributed by atoms with Gasteiger partial charge in [-0.3, -0.25) is 14.8 Å². The molecule has 1 unspecified atom stereocenters. The van der Waals surface area contributed by atoms with Gasteiger partial charge in [-0.15, -0.1) is 0 Å². The minimum absolute atomic E-state index is 0.0724. The van der Waals surface area contributed by atoms with Crippen LogP contribution in [0.2, 0.25) is 0 Å². The number of fused-ring (bicyclic) bond motifs is 1. The Morgan fingerprint density at radius 3 is 2.85 bits per heavy atom. The average Bonchev–Trinajstić information content (AvgIpc) is 3.53. The van der Waals surface area contributed by atoms with E-state index >= 15 is 0 Å². The van der Waals surface area contributed by atoms with E-state index in [1.165, 1.54) is 12.0 Å². The van der Waals surface area contributed by atoms with E-state index in [2.05, 4.69) is 39.4 Å². The van der Waals surface area contributed by atoms with Crippen molar-refractivity contribution < 1.29 is 14.1 Å². The van der Waals surface area contributed by atoms with Crippen LogP contribution in [0.3, 0.4) is 0 Å². The summed E-state index contributed by atoms with van der Waals surface area (Å²) in [6.07, 6.45) is 7.95. The lowest BCUT2D eigenvalue weighted by molar-refractivity contribution is 0.0626. The van der Waals surface area contributed by atoms with Gasteiger partial charge in [0, 0.05) is 49.4 Å². The number of H-pyrrole nitrogens is 1. The van der Waals surface area contributed by atoms with Gasteiger partial charge >= 0.3 is 0 Å². The van der Waals surface area contributed by atoms with Crippen LogP contribution >= 0.6 is 0 Å². The van der Waals surface area contributed by atoms with E-state index in [0.29, 0.717) is 18.2 Å². The van der Waals surface area contributed by atoms with Crippen molar-refractivity contribution in [2.24, 2.45) is 5.92 Å². The second-order valence-electron chi connectivity index (χ2n) is 9.61. The Morgan fingerprint density at radius 2 is 2.03 bits per heavy atom.